The summed E-state index contributed by atoms with van der Waals surface area (Å²) in [4.78, 5) is 76.9. The summed E-state index contributed by atoms with van der Waals surface area (Å²) >= 11 is 0. The zero-order valence-electron chi connectivity index (χ0n) is 6.93. The number of phosphoric acid groups is 3. The van der Waals surface area contributed by atoms with Crippen LogP contribution in [0.25, 0.3) is 0 Å². The Labute approximate surface area is 118 Å². The van der Waals surface area contributed by atoms with Gasteiger partial charge in [0.25, 0.3) is 0 Å². The molecule has 12 nitrogen and oxygen atoms in total. The van der Waals surface area contributed by atoms with Crippen molar-refractivity contribution >= 4 is 23.5 Å². The minimum absolute atomic E-state index is 0. The Hall–Kier alpha value is 1.49. The molecule has 0 aliphatic heterocycles. The van der Waals surface area contributed by atoms with Crippen LogP contribution in [0.2, 0.25) is 0 Å². The van der Waals surface area contributed by atoms with Gasteiger partial charge in [0.15, 0.2) is 0 Å². The average molecular weight is 530 g/mol. The zero-order valence-corrected chi connectivity index (χ0v) is 13.3. The van der Waals surface area contributed by atoms with Crippen molar-refractivity contribution in [2.45, 2.75) is 0 Å². The van der Waals surface area contributed by atoms with Crippen LogP contribution >= 0.6 is 23.5 Å². The Morgan fingerprint density at radius 2 is 0.471 bits per heavy atom. The van der Waals surface area contributed by atoms with Crippen LogP contribution in [0.1, 0.15) is 0 Å². The van der Waals surface area contributed by atoms with Gasteiger partial charge in [-0.1, -0.05) is 0 Å². The van der Waals surface area contributed by atoms with Gasteiger partial charge in [0, 0.05) is 20.4 Å². The summed E-state index contributed by atoms with van der Waals surface area (Å²) < 4.78 is 25.6. The first kappa shape index (κ1) is 31.1. The standard InChI is InChI=1S/Ni.3H3O4P.Re/c;3*1-5(2,3)4;/h;3*(H3,1,2,3,4);/q+2;;;;/p-9. The fourth-order valence-electron chi connectivity index (χ4n) is 0. The summed E-state index contributed by atoms with van der Waals surface area (Å²) in [6.07, 6.45) is 0. The Bertz CT molecular complexity index is 208. The van der Waals surface area contributed by atoms with Gasteiger partial charge < -0.3 is 57.7 Å². The molecule has 0 aromatic heterocycles. The molecule has 0 aromatic carbocycles. The molecule has 0 heterocycles. The summed E-state index contributed by atoms with van der Waals surface area (Å²) in [6, 6.07) is 0. The largest absolute Gasteiger partial charge is 2.00 e. The van der Waals surface area contributed by atoms with Crippen LogP contribution in [0.4, 0.5) is 0 Å². The molecule has 0 amide bonds. The van der Waals surface area contributed by atoms with Gasteiger partial charge in [-0.15, -0.1) is 0 Å². The maximum Gasteiger partial charge on any atom is 2.00 e. The van der Waals surface area contributed by atoms with Gasteiger partial charge in [-0.3, -0.25) is 0 Å². The first-order valence-electron chi connectivity index (χ1n) is 2.19. The van der Waals surface area contributed by atoms with E-state index in [2.05, 4.69) is 0 Å². The summed E-state index contributed by atoms with van der Waals surface area (Å²) in [5.41, 5.74) is 0. The van der Waals surface area contributed by atoms with E-state index in [1.807, 2.05) is 0 Å². The molecule has 111 valence electrons. The molecule has 0 saturated heterocycles. The molecule has 17 heavy (non-hydrogen) atoms. The Morgan fingerprint density at radius 1 is 0.471 bits per heavy atom. The third-order valence-electron chi connectivity index (χ3n) is 0. The van der Waals surface area contributed by atoms with Gasteiger partial charge in [0.2, 0.25) is 0 Å². The van der Waals surface area contributed by atoms with E-state index >= 15 is 0 Å². The van der Waals surface area contributed by atoms with Crippen molar-refractivity contribution in [2.24, 2.45) is 0 Å². The molecule has 0 N–H and O–H groups in total. The van der Waals surface area contributed by atoms with E-state index in [-0.39, 0.29) is 36.9 Å². The molecule has 0 saturated carbocycles. The molecule has 0 unspecified atom stereocenters. The fraction of sp³-hybridized carbons (Fsp3) is 0. The SMILES string of the molecule is O=P([O-])([O-])[O-].O=P([O-])([O-])[O-].O=P([O-])([O-])[O-].[Ni+2].[Re]. The first-order valence-corrected chi connectivity index (χ1v) is 6.57. The summed E-state index contributed by atoms with van der Waals surface area (Å²) in [5.74, 6) is 0. The van der Waals surface area contributed by atoms with E-state index in [1.54, 1.807) is 0 Å². The molecule has 0 aromatic rings. The van der Waals surface area contributed by atoms with E-state index in [0.29, 0.717) is 0 Å². The van der Waals surface area contributed by atoms with Crippen molar-refractivity contribution in [1.29, 1.82) is 0 Å². The molecule has 0 rings (SSSR count). The van der Waals surface area contributed by atoms with Crippen molar-refractivity contribution in [3.05, 3.63) is 0 Å². The van der Waals surface area contributed by atoms with Gasteiger partial charge in [0.05, 0.1) is 0 Å². The predicted octanol–water partition coefficient (Wildman–Crippen LogP) is -8.48. The van der Waals surface area contributed by atoms with Crippen molar-refractivity contribution in [2.75, 3.05) is 0 Å². The zero-order chi connectivity index (χ0) is 13.5. The van der Waals surface area contributed by atoms with Gasteiger partial charge in [-0.2, -0.15) is 23.5 Å². The number of hydrogen-bond acceptors (Lipinski definition) is 12. The van der Waals surface area contributed by atoms with E-state index in [1.165, 1.54) is 0 Å². The Balaban J connectivity index is -0.0000000400. The van der Waals surface area contributed by atoms with Crippen LogP contribution in [0.15, 0.2) is 0 Å². The van der Waals surface area contributed by atoms with E-state index < -0.39 is 23.5 Å². The van der Waals surface area contributed by atoms with Crippen LogP contribution in [0, 0.1) is 0 Å². The molecule has 0 atom stereocenters. The second kappa shape index (κ2) is 12.5. The molecule has 17 heteroatoms. The predicted molar refractivity (Wildman–Crippen MR) is 22.8 cm³/mol. The Kier molecular flexibility index (Phi) is 22.9. The van der Waals surface area contributed by atoms with Crippen molar-refractivity contribution < 1.29 is 94.7 Å². The molecular formula is NiO12P3Re-7. The fourth-order valence-corrected chi connectivity index (χ4v) is 0. The summed E-state index contributed by atoms with van der Waals surface area (Å²) in [5, 5.41) is 0. The third kappa shape index (κ3) is 1900. The molecule has 1 radical (unpaired) electrons. The van der Waals surface area contributed by atoms with Crippen molar-refractivity contribution in [3.8, 4) is 0 Å². The summed E-state index contributed by atoms with van der Waals surface area (Å²) in [6.45, 7) is 0. The first-order chi connectivity index (χ1) is 6.00. The number of rotatable bonds is 0. The maximum atomic E-state index is 8.55. The van der Waals surface area contributed by atoms with Gasteiger partial charge in [-0.25, -0.2) is 0 Å². The molecule has 0 aliphatic carbocycles. The van der Waals surface area contributed by atoms with E-state index in [0.717, 1.165) is 0 Å². The summed E-state index contributed by atoms with van der Waals surface area (Å²) in [7, 11) is -16.2. The van der Waals surface area contributed by atoms with Crippen molar-refractivity contribution in [3.63, 3.8) is 0 Å². The van der Waals surface area contributed by atoms with Crippen LogP contribution < -0.4 is 44.0 Å². The smallest absolute Gasteiger partial charge is 0.822 e. The van der Waals surface area contributed by atoms with Gasteiger partial charge in [-0.05, 0) is 0 Å². The van der Waals surface area contributed by atoms with Crippen LogP contribution in [-0.4, -0.2) is 0 Å². The minimum atomic E-state index is -5.39. The second-order valence-electron chi connectivity index (χ2n) is 1.34. The van der Waals surface area contributed by atoms with Gasteiger partial charge >= 0.3 is 16.5 Å². The second-order valence-corrected chi connectivity index (χ2v) is 4.02. The molecule has 0 bridgehead atoms. The van der Waals surface area contributed by atoms with Gasteiger partial charge in [0.1, 0.15) is 0 Å². The van der Waals surface area contributed by atoms with Crippen molar-refractivity contribution in [1.82, 2.24) is 0 Å². The third-order valence-corrected chi connectivity index (χ3v) is 0. The minimum Gasteiger partial charge on any atom is -0.822 e. The molecule has 0 fully saturated rings. The van der Waals surface area contributed by atoms with Crippen LogP contribution in [0.3, 0.4) is 0 Å². The molecular weight excluding hydrogens is 530 g/mol. The quantitative estimate of drug-likeness (QED) is 0.209. The normalized spacial score (nSPS) is 10.4. The van der Waals surface area contributed by atoms with E-state index in [4.69, 9.17) is 57.7 Å². The molecule has 0 spiro atoms. The monoisotopic (exact) mass is 530 g/mol. The molecule has 0 aliphatic rings. The topological polar surface area (TPSA) is 259 Å². The maximum absolute atomic E-state index is 8.55. The number of hydrogen-bond donors (Lipinski definition) is 0. The Morgan fingerprint density at radius 3 is 0.471 bits per heavy atom. The van der Waals surface area contributed by atoms with Crippen LogP contribution in [-0.2, 0) is 50.6 Å². The van der Waals surface area contributed by atoms with E-state index in [9.17, 15) is 0 Å². The average Bonchev–Trinajstić information content (AvgIpc) is 1.41. The van der Waals surface area contributed by atoms with Crippen LogP contribution in [0.5, 0.6) is 0 Å².